The monoisotopic (exact) mass is 200 g/mol. The zero-order valence-electron chi connectivity index (χ0n) is 7.60. The van der Waals surface area contributed by atoms with Gasteiger partial charge in [-0.2, -0.15) is 0 Å². The van der Waals surface area contributed by atoms with E-state index in [-0.39, 0.29) is 25.0 Å². The van der Waals surface area contributed by atoms with Gasteiger partial charge in [0, 0.05) is 6.54 Å². The highest BCUT2D eigenvalue weighted by Gasteiger charge is 2.41. The fourth-order valence-electron chi connectivity index (χ4n) is 1.74. The minimum absolute atomic E-state index is 0.222. The van der Waals surface area contributed by atoms with Gasteiger partial charge in [0.2, 0.25) is 11.8 Å². The third kappa shape index (κ3) is 1.36. The molecule has 2 aliphatic rings. The Morgan fingerprint density at radius 2 is 2.36 bits per heavy atom. The first kappa shape index (κ1) is 9.42. The van der Waals surface area contributed by atoms with Crippen LogP contribution in [0, 0.1) is 0 Å². The molecular weight excluding hydrogens is 188 g/mol. The number of fused-ring (bicyclic) bond motifs is 1. The Morgan fingerprint density at radius 1 is 1.57 bits per heavy atom. The molecule has 0 spiro atoms. The fourth-order valence-corrected chi connectivity index (χ4v) is 1.74. The third-order valence-electron chi connectivity index (χ3n) is 2.51. The maximum Gasteiger partial charge on any atom is 0.248 e. The van der Waals surface area contributed by atoms with Crippen molar-refractivity contribution in [2.24, 2.45) is 0 Å². The van der Waals surface area contributed by atoms with E-state index in [1.807, 2.05) is 0 Å². The van der Waals surface area contributed by atoms with Gasteiger partial charge in [-0.3, -0.25) is 9.59 Å². The topological polar surface area (TPSA) is 78.9 Å². The molecule has 0 aromatic heterocycles. The Hall–Kier alpha value is -1.14. The summed E-state index contributed by atoms with van der Waals surface area (Å²) >= 11 is 0. The molecule has 6 nitrogen and oxygen atoms in total. The summed E-state index contributed by atoms with van der Waals surface area (Å²) in [4.78, 5) is 24.6. The average molecular weight is 200 g/mol. The van der Waals surface area contributed by atoms with Crippen molar-refractivity contribution in [2.75, 3.05) is 26.4 Å². The normalized spacial score (nSPS) is 32.5. The van der Waals surface area contributed by atoms with Gasteiger partial charge in [-0.25, -0.2) is 0 Å². The minimum Gasteiger partial charge on any atom is -0.394 e. The van der Waals surface area contributed by atoms with Crippen LogP contribution in [0.1, 0.15) is 0 Å². The van der Waals surface area contributed by atoms with Gasteiger partial charge in [0.05, 0.1) is 19.8 Å². The molecule has 1 unspecified atom stereocenters. The molecule has 2 atom stereocenters. The van der Waals surface area contributed by atoms with Crippen LogP contribution in [0.15, 0.2) is 0 Å². The zero-order valence-corrected chi connectivity index (χ0v) is 7.60. The molecule has 2 fully saturated rings. The number of rotatable bonds is 1. The van der Waals surface area contributed by atoms with Crippen molar-refractivity contribution in [2.45, 2.75) is 12.1 Å². The highest BCUT2D eigenvalue weighted by Crippen LogP contribution is 2.13. The molecule has 2 N–H and O–H groups in total. The summed E-state index contributed by atoms with van der Waals surface area (Å²) in [5.41, 5.74) is 0. The van der Waals surface area contributed by atoms with Gasteiger partial charge in [0.25, 0.3) is 0 Å². The first-order valence-corrected chi connectivity index (χ1v) is 4.53. The predicted molar refractivity (Wildman–Crippen MR) is 45.3 cm³/mol. The van der Waals surface area contributed by atoms with E-state index in [9.17, 15) is 9.59 Å². The molecule has 2 heterocycles. The van der Waals surface area contributed by atoms with E-state index >= 15 is 0 Å². The van der Waals surface area contributed by atoms with Crippen molar-refractivity contribution in [1.29, 1.82) is 0 Å². The SMILES string of the molecule is O=C1NC(CO)C(=O)N2CCOC[C@H]12. The van der Waals surface area contributed by atoms with Crippen molar-refractivity contribution in [3.8, 4) is 0 Å². The number of ether oxygens (including phenoxy) is 1. The number of carbonyl (C=O) groups is 2. The Kier molecular flexibility index (Phi) is 2.39. The minimum atomic E-state index is -0.781. The van der Waals surface area contributed by atoms with Crippen molar-refractivity contribution >= 4 is 11.8 Å². The molecule has 2 saturated heterocycles. The number of amides is 2. The van der Waals surface area contributed by atoms with E-state index in [1.54, 1.807) is 0 Å². The quantitative estimate of drug-likeness (QED) is 0.499. The van der Waals surface area contributed by atoms with Gasteiger partial charge in [0.15, 0.2) is 0 Å². The van der Waals surface area contributed by atoms with E-state index in [0.29, 0.717) is 13.2 Å². The maximum atomic E-state index is 11.6. The zero-order chi connectivity index (χ0) is 10.1. The molecule has 0 aromatic carbocycles. The lowest BCUT2D eigenvalue weighted by molar-refractivity contribution is -0.158. The highest BCUT2D eigenvalue weighted by atomic mass is 16.5. The molecule has 0 aromatic rings. The van der Waals surface area contributed by atoms with Crippen molar-refractivity contribution in [3.05, 3.63) is 0 Å². The Bertz CT molecular complexity index is 268. The van der Waals surface area contributed by atoms with E-state index in [1.165, 1.54) is 4.90 Å². The summed E-state index contributed by atoms with van der Waals surface area (Å²) in [5, 5.41) is 11.3. The summed E-state index contributed by atoms with van der Waals surface area (Å²) in [5.74, 6) is -0.469. The van der Waals surface area contributed by atoms with Crippen molar-refractivity contribution in [1.82, 2.24) is 10.2 Å². The number of hydrogen-bond donors (Lipinski definition) is 2. The molecule has 0 radical (unpaired) electrons. The standard InChI is InChI=1S/C8H12N2O4/c11-3-5-8(13)10-1-2-14-4-6(10)7(12)9-5/h5-6,11H,1-4H2,(H,9,12)/t5?,6-/m1/s1. The summed E-state index contributed by atoms with van der Waals surface area (Å²) < 4.78 is 5.11. The number of hydrogen-bond acceptors (Lipinski definition) is 4. The maximum absolute atomic E-state index is 11.6. The van der Waals surface area contributed by atoms with Crippen LogP contribution in [0.3, 0.4) is 0 Å². The van der Waals surface area contributed by atoms with Gasteiger partial charge in [-0.05, 0) is 0 Å². The third-order valence-corrected chi connectivity index (χ3v) is 2.51. The van der Waals surface area contributed by atoms with Crippen LogP contribution in [-0.4, -0.2) is 60.3 Å². The number of aliphatic hydroxyl groups excluding tert-OH is 1. The Morgan fingerprint density at radius 3 is 3.07 bits per heavy atom. The number of morpholine rings is 1. The fraction of sp³-hybridized carbons (Fsp3) is 0.750. The van der Waals surface area contributed by atoms with Crippen LogP contribution >= 0.6 is 0 Å². The lowest BCUT2D eigenvalue weighted by Crippen LogP contribution is -2.67. The van der Waals surface area contributed by atoms with E-state index in [2.05, 4.69) is 5.32 Å². The molecule has 2 rings (SSSR count). The lowest BCUT2D eigenvalue weighted by atomic mass is 10.1. The van der Waals surface area contributed by atoms with Crippen LogP contribution in [0.2, 0.25) is 0 Å². The Labute approximate surface area is 80.8 Å². The van der Waals surface area contributed by atoms with Crippen LogP contribution in [-0.2, 0) is 14.3 Å². The second-order valence-corrected chi connectivity index (χ2v) is 3.37. The molecule has 0 saturated carbocycles. The van der Waals surface area contributed by atoms with Crippen LogP contribution in [0.25, 0.3) is 0 Å². The van der Waals surface area contributed by atoms with E-state index in [0.717, 1.165) is 0 Å². The van der Waals surface area contributed by atoms with Gasteiger partial charge >= 0.3 is 0 Å². The van der Waals surface area contributed by atoms with Crippen molar-refractivity contribution < 1.29 is 19.4 Å². The summed E-state index contributed by atoms with van der Waals surface area (Å²) in [6.07, 6.45) is 0. The molecule has 2 amide bonds. The first-order chi connectivity index (χ1) is 6.74. The lowest BCUT2D eigenvalue weighted by Gasteiger charge is -2.40. The smallest absolute Gasteiger partial charge is 0.248 e. The number of carbonyl (C=O) groups excluding carboxylic acids is 2. The molecule has 78 valence electrons. The molecule has 6 heteroatoms. The summed E-state index contributed by atoms with van der Waals surface area (Å²) in [6, 6.07) is -1.30. The highest BCUT2D eigenvalue weighted by molar-refractivity contribution is 5.97. The number of piperazine rings is 1. The average Bonchev–Trinajstić information content (AvgIpc) is 2.23. The number of nitrogens with one attached hydrogen (secondary N) is 1. The van der Waals surface area contributed by atoms with Crippen LogP contribution < -0.4 is 5.32 Å². The van der Waals surface area contributed by atoms with E-state index in [4.69, 9.17) is 9.84 Å². The van der Waals surface area contributed by atoms with Crippen LogP contribution in [0.4, 0.5) is 0 Å². The second kappa shape index (κ2) is 3.55. The number of aliphatic hydroxyl groups is 1. The Balaban J connectivity index is 2.17. The van der Waals surface area contributed by atoms with Crippen molar-refractivity contribution in [3.63, 3.8) is 0 Å². The van der Waals surface area contributed by atoms with Crippen LogP contribution in [0.5, 0.6) is 0 Å². The second-order valence-electron chi connectivity index (χ2n) is 3.37. The molecule has 0 bridgehead atoms. The molecule has 14 heavy (non-hydrogen) atoms. The first-order valence-electron chi connectivity index (χ1n) is 4.53. The summed E-state index contributed by atoms with van der Waals surface area (Å²) in [6.45, 7) is 0.769. The number of nitrogens with zero attached hydrogens (tertiary/aromatic N) is 1. The molecule has 2 aliphatic heterocycles. The predicted octanol–water partition coefficient (Wildman–Crippen LogP) is -2.30. The summed E-state index contributed by atoms with van der Waals surface area (Å²) in [7, 11) is 0. The molecular formula is C8H12N2O4. The van der Waals surface area contributed by atoms with Gasteiger partial charge < -0.3 is 20.1 Å². The van der Waals surface area contributed by atoms with Gasteiger partial charge in [-0.15, -0.1) is 0 Å². The van der Waals surface area contributed by atoms with Gasteiger partial charge in [-0.1, -0.05) is 0 Å². The largest absolute Gasteiger partial charge is 0.394 e. The molecule has 0 aliphatic carbocycles. The van der Waals surface area contributed by atoms with E-state index < -0.39 is 12.1 Å². The van der Waals surface area contributed by atoms with Gasteiger partial charge in [0.1, 0.15) is 12.1 Å².